The van der Waals surface area contributed by atoms with E-state index in [0.29, 0.717) is 18.9 Å². The molecule has 1 atom stereocenters. The Morgan fingerprint density at radius 2 is 1.83 bits per heavy atom. The number of H-pyrrole nitrogens is 1. The lowest BCUT2D eigenvalue weighted by Crippen LogP contribution is -2.30. The van der Waals surface area contributed by atoms with Gasteiger partial charge in [0.2, 0.25) is 0 Å². The average Bonchev–Trinajstić information content (AvgIpc) is 3.39. The number of hydrogen-bond acceptors (Lipinski definition) is 4. The molecular formula is C23H23N3O3. The van der Waals surface area contributed by atoms with Crippen LogP contribution in [0.3, 0.4) is 0 Å². The molecule has 5 rings (SSSR count). The number of carbonyl (C=O) groups excluding carboxylic acids is 1. The molecule has 0 saturated carbocycles. The summed E-state index contributed by atoms with van der Waals surface area (Å²) in [7, 11) is 0. The maximum Gasteiger partial charge on any atom is 0.272 e. The van der Waals surface area contributed by atoms with Crippen LogP contribution in [0.5, 0.6) is 11.5 Å². The molecule has 0 radical (unpaired) electrons. The molecule has 1 fully saturated rings. The van der Waals surface area contributed by atoms with Crippen LogP contribution in [-0.2, 0) is 0 Å². The average molecular weight is 389 g/mol. The van der Waals surface area contributed by atoms with Gasteiger partial charge in [-0.25, -0.2) is 0 Å². The van der Waals surface area contributed by atoms with Gasteiger partial charge in [0, 0.05) is 18.5 Å². The standard InChI is InChI=1S/C23H23N3O3/c27-23(19-15-18(24-25-19)16-6-2-1-3-7-16)26-11-4-8-20(26)17-9-10-21-22(14-17)29-13-5-12-28-21/h1-3,6-7,9-10,14-15,20H,4-5,8,11-13H2,(H,24,25)/t20-/m1/s1. The monoisotopic (exact) mass is 389 g/mol. The molecule has 0 aliphatic carbocycles. The van der Waals surface area contributed by atoms with Crippen LogP contribution in [0.15, 0.2) is 54.6 Å². The Morgan fingerprint density at radius 1 is 1.00 bits per heavy atom. The molecule has 2 aliphatic rings. The van der Waals surface area contributed by atoms with Crippen LogP contribution in [0.2, 0.25) is 0 Å². The van der Waals surface area contributed by atoms with Crippen LogP contribution < -0.4 is 9.47 Å². The van der Waals surface area contributed by atoms with Crippen molar-refractivity contribution in [2.75, 3.05) is 19.8 Å². The van der Waals surface area contributed by atoms with Gasteiger partial charge in [0.05, 0.1) is 24.9 Å². The second-order valence-electron chi connectivity index (χ2n) is 7.45. The van der Waals surface area contributed by atoms with Gasteiger partial charge in [-0.3, -0.25) is 9.89 Å². The van der Waals surface area contributed by atoms with E-state index in [9.17, 15) is 4.79 Å². The van der Waals surface area contributed by atoms with Crippen molar-refractivity contribution in [3.05, 3.63) is 65.9 Å². The first kappa shape index (κ1) is 17.8. The van der Waals surface area contributed by atoms with Crippen LogP contribution in [-0.4, -0.2) is 40.8 Å². The summed E-state index contributed by atoms with van der Waals surface area (Å²) in [4.78, 5) is 15.1. The number of hydrogen-bond donors (Lipinski definition) is 1. The van der Waals surface area contributed by atoms with Gasteiger partial charge in [-0.2, -0.15) is 5.10 Å². The lowest BCUT2D eigenvalue weighted by Gasteiger charge is -2.25. The van der Waals surface area contributed by atoms with E-state index in [1.807, 2.05) is 59.5 Å². The highest BCUT2D eigenvalue weighted by Gasteiger charge is 2.32. The van der Waals surface area contributed by atoms with Crippen molar-refractivity contribution in [2.24, 2.45) is 0 Å². The van der Waals surface area contributed by atoms with Crippen molar-refractivity contribution in [1.82, 2.24) is 15.1 Å². The minimum atomic E-state index is -0.0192. The Bertz CT molecular complexity index is 1020. The number of carbonyl (C=O) groups is 1. The third-order valence-corrected chi connectivity index (χ3v) is 5.55. The minimum absolute atomic E-state index is 0.0192. The molecule has 0 bridgehead atoms. The number of benzene rings is 2. The SMILES string of the molecule is O=C(c1cc(-c2ccccc2)n[nH]1)N1CCC[C@@H]1c1ccc2c(c1)OCCCO2. The van der Waals surface area contributed by atoms with Crippen LogP contribution in [0.1, 0.15) is 41.4 Å². The number of aromatic amines is 1. The van der Waals surface area contributed by atoms with Crippen molar-refractivity contribution in [3.8, 4) is 22.8 Å². The summed E-state index contributed by atoms with van der Waals surface area (Å²) < 4.78 is 11.6. The summed E-state index contributed by atoms with van der Waals surface area (Å²) in [6, 6.07) is 17.8. The van der Waals surface area contributed by atoms with Gasteiger partial charge in [0.15, 0.2) is 11.5 Å². The normalized spacial score (nSPS) is 18.5. The first-order chi connectivity index (χ1) is 14.3. The van der Waals surface area contributed by atoms with Gasteiger partial charge in [0.1, 0.15) is 5.69 Å². The topological polar surface area (TPSA) is 67.5 Å². The molecule has 3 heterocycles. The number of likely N-dealkylation sites (tertiary alicyclic amines) is 1. The number of amides is 1. The Kier molecular flexibility index (Phi) is 4.68. The summed E-state index contributed by atoms with van der Waals surface area (Å²) in [5.41, 5.74) is 3.37. The van der Waals surface area contributed by atoms with E-state index in [2.05, 4.69) is 10.2 Å². The zero-order valence-electron chi connectivity index (χ0n) is 16.1. The first-order valence-electron chi connectivity index (χ1n) is 10.1. The molecule has 2 aromatic carbocycles. The molecule has 6 nitrogen and oxygen atoms in total. The highest BCUT2D eigenvalue weighted by atomic mass is 16.5. The maximum atomic E-state index is 13.2. The number of rotatable bonds is 3. The van der Waals surface area contributed by atoms with Crippen LogP contribution in [0, 0.1) is 0 Å². The molecule has 2 aliphatic heterocycles. The van der Waals surface area contributed by atoms with Gasteiger partial charge >= 0.3 is 0 Å². The second-order valence-corrected chi connectivity index (χ2v) is 7.45. The van der Waals surface area contributed by atoms with Crippen molar-refractivity contribution in [3.63, 3.8) is 0 Å². The Balaban J connectivity index is 1.39. The predicted octanol–water partition coefficient (Wildman–Crippen LogP) is 4.22. The van der Waals surface area contributed by atoms with E-state index in [-0.39, 0.29) is 11.9 Å². The van der Waals surface area contributed by atoms with E-state index in [0.717, 1.165) is 54.1 Å². The van der Waals surface area contributed by atoms with Crippen molar-refractivity contribution in [1.29, 1.82) is 0 Å². The summed E-state index contributed by atoms with van der Waals surface area (Å²) in [5.74, 6) is 1.53. The molecule has 0 spiro atoms. The van der Waals surface area contributed by atoms with Gasteiger partial charge in [-0.05, 0) is 36.6 Å². The zero-order chi connectivity index (χ0) is 19.6. The number of ether oxygens (including phenoxy) is 2. The van der Waals surface area contributed by atoms with Crippen molar-refractivity contribution < 1.29 is 14.3 Å². The fraction of sp³-hybridized carbons (Fsp3) is 0.304. The maximum absolute atomic E-state index is 13.2. The van der Waals surface area contributed by atoms with Crippen molar-refractivity contribution in [2.45, 2.75) is 25.3 Å². The van der Waals surface area contributed by atoms with E-state index < -0.39 is 0 Å². The smallest absolute Gasteiger partial charge is 0.272 e. The Hall–Kier alpha value is -3.28. The number of fused-ring (bicyclic) bond motifs is 1. The van der Waals surface area contributed by atoms with Gasteiger partial charge in [-0.1, -0.05) is 36.4 Å². The summed E-state index contributed by atoms with van der Waals surface area (Å²) in [5, 5.41) is 7.26. The predicted molar refractivity (Wildman–Crippen MR) is 109 cm³/mol. The lowest BCUT2D eigenvalue weighted by molar-refractivity contribution is 0.0729. The van der Waals surface area contributed by atoms with Crippen LogP contribution in [0.25, 0.3) is 11.3 Å². The largest absolute Gasteiger partial charge is 0.490 e. The quantitative estimate of drug-likeness (QED) is 0.728. The summed E-state index contributed by atoms with van der Waals surface area (Å²) >= 11 is 0. The molecule has 1 amide bonds. The Labute approximate surface area is 169 Å². The molecule has 0 unspecified atom stereocenters. The number of nitrogens with zero attached hydrogens (tertiary/aromatic N) is 2. The summed E-state index contributed by atoms with van der Waals surface area (Å²) in [6.07, 6.45) is 2.79. The van der Waals surface area contributed by atoms with Gasteiger partial charge < -0.3 is 14.4 Å². The molecule has 1 aromatic heterocycles. The lowest BCUT2D eigenvalue weighted by atomic mass is 10.0. The highest BCUT2D eigenvalue weighted by Crippen LogP contribution is 2.38. The van der Waals surface area contributed by atoms with Gasteiger partial charge in [0.25, 0.3) is 5.91 Å². The highest BCUT2D eigenvalue weighted by molar-refractivity contribution is 5.94. The third kappa shape index (κ3) is 3.46. The van der Waals surface area contributed by atoms with E-state index in [1.54, 1.807) is 0 Å². The molecule has 3 aromatic rings. The van der Waals surface area contributed by atoms with Crippen LogP contribution in [0.4, 0.5) is 0 Å². The molecular weight excluding hydrogens is 366 g/mol. The van der Waals surface area contributed by atoms with E-state index in [1.165, 1.54) is 0 Å². The fourth-order valence-electron chi connectivity index (χ4n) is 4.09. The molecule has 148 valence electrons. The number of aromatic nitrogens is 2. The van der Waals surface area contributed by atoms with Crippen molar-refractivity contribution >= 4 is 5.91 Å². The third-order valence-electron chi connectivity index (χ3n) is 5.55. The first-order valence-corrected chi connectivity index (χ1v) is 10.1. The van der Waals surface area contributed by atoms with Crippen LogP contribution >= 0.6 is 0 Å². The zero-order valence-corrected chi connectivity index (χ0v) is 16.1. The van der Waals surface area contributed by atoms with E-state index >= 15 is 0 Å². The fourth-order valence-corrected chi connectivity index (χ4v) is 4.09. The summed E-state index contributed by atoms with van der Waals surface area (Å²) in [6.45, 7) is 2.06. The Morgan fingerprint density at radius 3 is 2.69 bits per heavy atom. The molecule has 1 N–H and O–H groups in total. The van der Waals surface area contributed by atoms with E-state index in [4.69, 9.17) is 9.47 Å². The minimum Gasteiger partial charge on any atom is -0.490 e. The second kappa shape index (κ2) is 7.62. The molecule has 29 heavy (non-hydrogen) atoms. The number of nitrogens with one attached hydrogen (secondary N) is 1. The molecule has 6 heteroatoms. The molecule has 1 saturated heterocycles. The van der Waals surface area contributed by atoms with Gasteiger partial charge in [-0.15, -0.1) is 0 Å².